The van der Waals surface area contributed by atoms with Gasteiger partial charge in [0.1, 0.15) is 6.04 Å². The van der Waals surface area contributed by atoms with Crippen LogP contribution in [0.3, 0.4) is 0 Å². The summed E-state index contributed by atoms with van der Waals surface area (Å²) >= 11 is 0. The molecule has 4 rings (SSSR count). The molecule has 204 valence electrons. The van der Waals surface area contributed by atoms with E-state index in [2.05, 4.69) is 0 Å². The number of carbonyl (C=O) groups is 3. The molecule has 3 aromatic carbocycles. The fourth-order valence-corrected chi connectivity index (χ4v) is 5.06. The van der Waals surface area contributed by atoms with Gasteiger partial charge in [0.05, 0.1) is 31.2 Å². The average molecular weight is 552 g/mol. The molecule has 0 spiro atoms. The van der Waals surface area contributed by atoms with Gasteiger partial charge in [0.15, 0.2) is 11.5 Å². The van der Waals surface area contributed by atoms with Crippen molar-refractivity contribution in [3.63, 3.8) is 0 Å². The van der Waals surface area contributed by atoms with Gasteiger partial charge in [-0.1, -0.05) is 23.8 Å². The molecule has 2 N–H and O–H groups in total. The number of nitrogens with zero attached hydrogens (tertiary/aromatic N) is 2. The summed E-state index contributed by atoms with van der Waals surface area (Å²) in [6.45, 7) is 2.02. The molecule has 10 nitrogen and oxygen atoms in total. The summed E-state index contributed by atoms with van der Waals surface area (Å²) in [6.07, 6.45) is 0.179. The maximum absolute atomic E-state index is 13.7. The summed E-state index contributed by atoms with van der Waals surface area (Å²) in [5, 5.41) is 5.16. The number of primary sulfonamides is 1. The highest BCUT2D eigenvalue weighted by atomic mass is 32.2. The fraction of sp³-hybridized carbons (Fsp3) is 0.250. The molecule has 0 saturated carbocycles. The second kappa shape index (κ2) is 11.3. The Morgan fingerprint density at radius 2 is 1.69 bits per heavy atom. The molecule has 0 bridgehead atoms. The van der Waals surface area contributed by atoms with E-state index in [1.165, 1.54) is 43.4 Å². The summed E-state index contributed by atoms with van der Waals surface area (Å²) in [4.78, 5) is 42.5. The Hall–Kier alpha value is -4.22. The Balaban J connectivity index is 1.64. The number of hydrogen-bond acceptors (Lipinski definition) is 7. The molecule has 1 unspecified atom stereocenters. The number of aryl methyl sites for hydroxylation is 1. The first-order valence-corrected chi connectivity index (χ1v) is 13.7. The molecule has 0 aliphatic carbocycles. The summed E-state index contributed by atoms with van der Waals surface area (Å²) in [5.41, 5.74) is 2.33. The van der Waals surface area contributed by atoms with Gasteiger partial charge in [-0.15, -0.1) is 0 Å². The minimum atomic E-state index is -3.94. The topological polar surface area (TPSA) is 136 Å². The molecule has 0 aromatic heterocycles. The lowest BCUT2D eigenvalue weighted by Crippen LogP contribution is -2.46. The third-order valence-electron chi connectivity index (χ3n) is 6.54. The van der Waals surface area contributed by atoms with E-state index in [1.807, 2.05) is 19.1 Å². The third-order valence-corrected chi connectivity index (χ3v) is 7.47. The second-order valence-electron chi connectivity index (χ2n) is 9.13. The number of amides is 3. The molecule has 1 aliphatic heterocycles. The summed E-state index contributed by atoms with van der Waals surface area (Å²) in [5.74, 6) is -0.350. The van der Waals surface area contributed by atoms with Gasteiger partial charge in [-0.25, -0.2) is 18.5 Å². The van der Waals surface area contributed by atoms with Gasteiger partial charge < -0.3 is 14.4 Å². The molecule has 39 heavy (non-hydrogen) atoms. The molecule has 1 fully saturated rings. The van der Waals surface area contributed by atoms with Crippen LogP contribution in [-0.4, -0.2) is 57.8 Å². The van der Waals surface area contributed by atoms with Crippen molar-refractivity contribution in [2.75, 3.05) is 25.7 Å². The van der Waals surface area contributed by atoms with Gasteiger partial charge in [-0.2, -0.15) is 0 Å². The monoisotopic (exact) mass is 551 g/mol. The van der Waals surface area contributed by atoms with Crippen LogP contribution in [0.5, 0.6) is 11.5 Å². The third kappa shape index (κ3) is 5.94. The largest absolute Gasteiger partial charge is 0.493 e. The number of nitrogens with two attached hydrogens (primary N) is 1. The number of methoxy groups -OCH3 is 2. The highest BCUT2D eigenvalue weighted by Gasteiger charge is 2.44. The Morgan fingerprint density at radius 1 is 1.00 bits per heavy atom. The SMILES string of the molecule is COc1ccc(CCN(C(=O)c2cccc(C)c2)C2CC(=O)N(c3ccc(S(N)(=O)=O)cc3)C2=O)cc1OC. The number of sulfonamides is 1. The number of hydrogen-bond donors (Lipinski definition) is 1. The van der Waals surface area contributed by atoms with Crippen LogP contribution in [0.25, 0.3) is 0 Å². The molecule has 1 atom stereocenters. The molecule has 1 aliphatic rings. The lowest BCUT2D eigenvalue weighted by atomic mass is 10.1. The van der Waals surface area contributed by atoms with Crippen LogP contribution in [0.2, 0.25) is 0 Å². The number of benzene rings is 3. The van der Waals surface area contributed by atoms with Crippen molar-refractivity contribution in [3.8, 4) is 11.5 Å². The van der Waals surface area contributed by atoms with Crippen molar-refractivity contribution >= 4 is 33.4 Å². The van der Waals surface area contributed by atoms with Crippen molar-refractivity contribution in [2.24, 2.45) is 5.14 Å². The first-order chi connectivity index (χ1) is 18.5. The standard InChI is InChI=1S/C28H29N3O7S/c1-18-5-4-6-20(15-18)27(33)30(14-13-19-7-12-24(37-2)25(16-19)38-3)23-17-26(32)31(28(23)34)21-8-10-22(11-9-21)39(29,35)36/h4-12,15-16,23H,13-14,17H2,1-3H3,(H2,29,35,36). The first kappa shape index (κ1) is 27.8. The smallest absolute Gasteiger partial charge is 0.257 e. The minimum Gasteiger partial charge on any atom is -0.493 e. The van der Waals surface area contributed by atoms with Crippen LogP contribution in [0.1, 0.15) is 27.9 Å². The lowest BCUT2D eigenvalue weighted by Gasteiger charge is -2.28. The van der Waals surface area contributed by atoms with E-state index in [1.54, 1.807) is 30.3 Å². The average Bonchev–Trinajstić information content (AvgIpc) is 3.21. The molecule has 0 radical (unpaired) electrons. The van der Waals surface area contributed by atoms with Crippen molar-refractivity contribution in [1.82, 2.24) is 4.90 Å². The van der Waals surface area contributed by atoms with E-state index in [9.17, 15) is 22.8 Å². The maximum atomic E-state index is 13.7. The molecule has 1 saturated heterocycles. The van der Waals surface area contributed by atoms with Gasteiger partial charge in [-0.05, 0) is 67.4 Å². The van der Waals surface area contributed by atoms with Gasteiger partial charge in [0.25, 0.3) is 11.8 Å². The normalized spacial score (nSPS) is 15.4. The molecular weight excluding hydrogens is 522 g/mol. The molecular formula is C28H29N3O7S. The predicted molar refractivity (Wildman–Crippen MR) is 144 cm³/mol. The number of rotatable bonds is 9. The van der Waals surface area contributed by atoms with Crippen LogP contribution in [0.15, 0.2) is 71.6 Å². The van der Waals surface area contributed by atoms with Crippen LogP contribution < -0.4 is 19.5 Å². The van der Waals surface area contributed by atoms with Crippen LogP contribution in [0.4, 0.5) is 5.69 Å². The fourth-order valence-electron chi connectivity index (χ4n) is 4.54. The van der Waals surface area contributed by atoms with E-state index in [4.69, 9.17) is 14.6 Å². The lowest BCUT2D eigenvalue weighted by molar-refractivity contribution is -0.122. The highest BCUT2D eigenvalue weighted by Crippen LogP contribution is 2.30. The Bertz CT molecular complexity index is 1520. The molecule has 11 heteroatoms. The first-order valence-electron chi connectivity index (χ1n) is 12.1. The zero-order chi connectivity index (χ0) is 28.3. The van der Waals surface area contributed by atoms with E-state index >= 15 is 0 Å². The van der Waals surface area contributed by atoms with E-state index in [0.29, 0.717) is 23.5 Å². The minimum absolute atomic E-state index is 0.145. The van der Waals surface area contributed by atoms with Crippen molar-refractivity contribution in [2.45, 2.75) is 30.7 Å². The van der Waals surface area contributed by atoms with Gasteiger partial charge >= 0.3 is 0 Å². The molecule has 3 amide bonds. The second-order valence-corrected chi connectivity index (χ2v) is 10.7. The number of carbonyl (C=O) groups excluding carboxylic acids is 3. The van der Waals surface area contributed by atoms with E-state index in [-0.39, 0.29) is 29.5 Å². The summed E-state index contributed by atoms with van der Waals surface area (Å²) < 4.78 is 33.9. The molecule has 1 heterocycles. The number of ether oxygens (including phenoxy) is 2. The van der Waals surface area contributed by atoms with Crippen LogP contribution in [0, 0.1) is 6.92 Å². The Morgan fingerprint density at radius 3 is 2.31 bits per heavy atom. The van der Waals surface area contributed by atoms with Gasteiger partial charge in [0.2, 0.25) is 15.9 Å². The Labute approximate surface area is 227 Å². The molecule has 3 aromatic rings. The van der Waals surface area contributed by atoms with Gasteiger partial charge in [-0.3, -0.25) is 14.4 Å². The van der Waals surface area contributed by atoms with Gasteiger partial charge in [0, 0.05) is 12.1 Å². The van der Waals surface area contributed by atoms with Crippen molar-refractivity contribution < 1.29 is 32.3 Å². The zero-order valence-electron chi connectivity index (χ0n) is 21.8. The van der Waals surface area contributed by atoms with Crippen molar-refractivity contribution in [3.05, 3.63) is 83.4 Å². The van der Waals surface area contributed by atoms with E-state index in [0.717, 1.165) is 16.0 Å². The highest BCUT2D eigenvalue weighted by molar-refractivity contribution is 7.89. The summed E-state index contributed by atoms with van der Waals surface area (Å²) in [6, 6.07) is 16.5. The number of anilines is 1. The zero-order valence-corrected chi connectivity index (χ0v) is 22.6. The Kier molecular flexibility index (Phi) is 8.03. The summed E-state index contributed by atoms with van der Waals surface area (Å²) in [7, 11) is -0.873. The van der Waals surface area contributed by atoms with Crippen LogP contribution in [-0.2, 0) is 26.0 Å². The maximum Gasteiger partial charge on any atom is 0.257 e. The number of imide groups is 1. The van der Waals surface area contributed by atoms with Crippen LogP contribution >= 0.6 is 0 Å². The van der Waals surface area contributed by atoms with Crippen molar-refractivity contribution in [1.29, 1.82) is 0 Å². The quantitative estimate of drug-likeness (QED) is 0.404. The predicted octanol–water partition coefficient (Wildman–Crippen LogP) is 2.68. The van der Waals surface area contributed by atoms with E-state index < -0.39 is 27.9 Å².